The topological polar surface area (TPSA) is 72.4 Å². The van der Waals surface area contributed by atoms with E-state index in [4.69, 9.17) is 4.74 Å². The fourth-order valence-electron chi connectivity index (χ4n) is 3.80. The van der Waals surface area contributed by atoms with Gasteiger partial charge in [0.15, 0.2) is 0 Å². The van der Waals surface area contributed by atoms with Gasteiger partial charge in [-0.15, -0.1) is 0 Å². The minimum Gasteiger partial charge on any atom is -0.489 e. The number of ether oxygens (including phenoxy) is 1. The first-order valence-corrected chi connectivity index (χ1v) is 9.59. The Hall–Kier alpha value is -1.99. The van der Waals surface area contributed by atoms with Crippen LogP contribution in [-0.4, -0.2) is 40.9 Å². The third-order valence-corrected chi connectivity index (χ3v) is 6.76. The van der Waals surface area contributed by atoms with Crippen LogP contribution in [0.25, 0.3) is 0 Å². The predicted octanol–water partition coefficient (Wildman–Crippen LogP) is 2.24. The summed E-state index contributed by atoms with van der Waals surface area (Å²) in [6.45, 7) is 0. The van der Waals surface area contributed by atoms with E-state index < -0.39 is 10.0 Å². The maximum Gasteiger partial charge on any atom is 0.245 e. The van der Waals surface area contributed by atoms with E-state index in [1.807, 2.05) is 12.1 Å². The van der Waals surface area contributed by atoms with Crippen LogP contribution in [0.15, 0.2) is 53.9 Å². The second-order valence-corrected chi connectivity index (χ2v) is 8.15. The maximum absolute atomic E-state index is 12.9. The van der Waals surface area contributed by atoms with E-state index in [9.17, 15) is 8.42 Å². The van der Waals surface area contributed by atoms with Crippen LogP contribution in [0.5, 0.6) is 5.75 Å². The van der Waals surface area contributed by atoms with Crippen LogP contribution in [0.3, 0.4) is 0 Å². The highest BCUT2D eigenvalue weighted by Gasteiger charge is 2.47. The molecule has 0 spiro atoms. The summed E-state index contributed by atoms with van der Waals surface area (Å²) in [5.74, 6) is 0.741. The van der Waals surface area contributed by atoms with Gasteiger partial charge >= 0.3 is 0 Å². The van der Waals surface area contributed by atoms with E-state index in [0.29, 0.717) is 12.8 Å². The van der Waals surface area contributed by atoms with Gasteiger partial charge in [0.1, 0.15) is 16.7 Å². The van der Waals surface area contributed by atoms with Crippen LogP contribution in [0.4, 0.5) is 0 Å². The average Bonchev–Trinajstić information content (AvgIpc) is 2.89. The van der Waals surface area contributed by atoms with Crippen LogP contribution in [0, 0.1) is 0 Å². The summed E-state index contributed by atoms with van der Waals surface area (Å²) in [6, 6.07) is 6.98. The second-order valence-electron chi connectivity index (χ2n) is 6.31. The zero-order chi connectivity index (χ0) is 16.6. The molecule has 2 fully saturated rings. The molecular formula is C17H19N3O3S. The molecule has 6 nitrogen and oxygen atoms in total. The third kappa shape index (κ3) is 2.78. The molecule has 4 heterocycles. The SMILES string of the molecule is O=S(=O)(c1cccnc1)N1[C@H]2CC[C@H]1CC(Oc1cccnc1)C2. The minimum atomic E-state index is -3.49. The molecule has 24 heavy (non-hydrogen) atoms. The van der Waals surface area contributed by atoms with Crippen molar-refractivity contribution in [3.8, 4) is 5.75 Å². The van der Waals surface area contributed by atoms with Crippen LogP contribution in [-0.2, 0) is 10.0 Å². The van der Waals surface area contributed by atoms with E-state index in [2.05, 4.69) is 9.97 Å². The van der Waals surface area contributed by atoms with Gasteiger partial charge in [0, 0.05) is 43.5 Å². The quantitative estimate of drug-likeness (QED) is 0.850. The molecule has 126 valence electrons. The Morgan fingerprint density at radius 2 is 1.67 bits per heavy atom. The van der Waals surface area contributed by atoms with Gasteiger partial charge in [0.25, 0.3) is 0 Å². The summed E-state index contributed by atoms with van der Waals surface area (Å²) >= 11 is 0. The van der Waals surface area contributed by atoms with E-state index in [-0.39, 0.29) is 23.1 Å². The Morgan fingerprint density at radius 1 is 1.00 bits per heavy atom. The Labute approximate surface area is 141 Å². The lowest BCUT2D eigenvalue weighted by atomic mass is 10.0. The number of fused-ring (bicyclic) bond motifs is 2. The molecule has 0 aliphatic carbocycles. The molecule has 0 saturated carbocycles. The molecule has 0 unspecified atom stereocenters. The monoisotopic (exact) mass is 345 g/mol. The van der Waals surface area contributed by atoms with Gasteiger partial charge in [0.2, 0.25) is 10.0 Å². The molecule has 0 aromatic carbocycles. The largest absolute Gasteiger partial charge is 0.489 e. The number of piperidine rings is 1. The molecule has 2 aromatic heterocycles. The molecule has 4 rings (SSSR count). The summed E-state index contributed by atoms with van der Waals surface area (Å²) in [7, 11) is -3.49. The minimum absolute atomic E-state index is 0.00405. The first-order valence-electron chi connectivity index (χ1n) is 8.15. The van der Waals surface area contributed by atoms with Crippen molar-refractivity contribution in [1.82, 2.24) is 14.3 Å². The summed E-state index contributed by atoms with van der Waals surface area (Å²) in [4.78, 5) is 8.28. The molecule has 2 saturated heterocycles. The second kappa shape index (κ2) is 6.14. The molecular weight excluding hydrogens is 326 g/mol. The number of aromatic nitrogens is 2. The normalized spacial score (nSPS) is 27.1. The zero-order valence-corrected chi connectivity index (χ0v) is 14.0. The number of sulfonamides is 1. The Balaban J connectivity index is 1.53. The highest BCUT2D eigenvalue weighted by molar-refractivity contribution is 7.89. The van der Waals surface area contributed by atoms with E-state index >= 15 is 0 Å². The van der Waals surface area contributed by atoms with Gasteiger partial charge in [-0.25, -0.2) is 8.42 Å². The van der Waals surface area contributed by atoms with E-state index in [1.165, 1.54) is 6.20 Å². The fraction of sp³-hybridized carbons (Fsp3) is 0.412. The molecule has 2 aliphatic rings. The molecule has 2 bridgehead atoms. The molecule has 2 aromatic rings. The number of hydrogen-bond donors (Lipinski definition) is 0. The lowest BCUT2D eigenvalue weighted by molar-refractivity contribution is 0.0953. The summed E-state index contributed by atoms with van der Waals surface area (Å²) < 4.78 is 33.6. The van der Waals surface area contributed by atoms with Crippen molar-refractivity contribution >= 4 is 10.0 Å². The van der Waals surface area contributed by atoms with Crippen molar-refractivity contribution in [2.75, 3.05) is 0 Å². The van der Waals surface area contributed by atoms with E-state index in [1.54, 1.807) is 35.0 Å². The first-order chi connectivity index (χ1) is 11.6. The standard InChI is InChI=1S/C17H19N3O3S/c21-24(22,17-4-2-8-19-12-17)20-13-5-6-14(20)10-16(9-13)23-15-3-1-7-18-11-15/h1-4,7-8,11-14,16H,5-6,9-10H2/t13-,14-/m0/s1. The van der Waals surface area contributed by atoms with E-state index in [0.717, 1.165) is 18.6 Å². The first kappa shape index (κ1) is 15.5. The van der Waals surface area contributed by atoms with Crippen LogP contribution in [0.1, 0.15) is 25.7 Å². The zero-order valence-electron chi connectivity index (χ0n) is 13.2. The van der Waals surface area contributed by atoms with Crippen molar-refractivity contribution in [3.05, 3.63) is 49.1 Å². The molecule has 2 atom stereocenters. The van der Waals surface area contributed by atoms with Crippen molar-refractivity contribution in [1.29, 1.82) is 0 Å². The van der Waals surface area contributed by atoms with Crippen LogP contribution < -0.4 is 4.74 Å². The Kier molecular flexibility index (Phi) is 3.97. The molecule has 7 heteroatoms. The van der Waals surface area contributed by atoms with Crippen molar-refractivity contribution in [3.63, 3.8) is 0 Å². The van der Waals surface area contributed by atoms with Gasteiger partial charge in [-0.1, -0.05) is 0 Å². The van der Waals surface area contributed by atoms with Gasteiger partial charge in [-0.05, 0) is 37.1 Å². The lowest BCUT2D eigenvalue weighted by Gasteiger charge is -2.37. The van der Waals surface area contributed by atoms with Gasteiger partial charge in [-0.3, -0.25) is 9.97 Å². The van der Waals surface area contributed by atoms with Crippen LogP contribution >= 0.6 is 0 Å². The number of hydrogen-bond acceptors (Lipinski definition) is 5. The third-order valence-electron chi connectivity index (χ3n) is 4.77. The van der Waals surface area contributed by atoms with Gasteiger partial charge < -0.3 is 4.74 Å². The number of pyridine rings is 2. The summed E-state index contributed by atoms with van der Waals surface area (Å²) in [5.41, 5.74) is 0. The van der Waals surface area contributed by atoms with Crippen LogP contribution in [0.2, 0.25) is 0 Å². The lowest BCUT2D eigenvalue weighted by Crippen LogP contribution is -2.49. The molecule has 0 N–H and O–H groups in total. The summed E-state index contributed by atoms with van der Waals surface area (Å²) in [5, 5.41) is 0. The number of rotatable bonds is 4. The van der Waals surface area contributed by atoms with Gasteiger partial charge in [-0.2, -0.15) is 4.31 Å². The van der Waals surface area contributed by atoms with Crippen molar-refractivity contribution < 1.29 is 13.2 Å². The highest BCUT2D eigenvalue weighted by atomic mass is 32.2. The van der Waals surface area contributed by atoms with Crippen molar-refractivity contribution in [2.45, 2.75) is 48.8 Å². The smallest absolute Gasteiger partial charge is 0.245 e. The fourth-order valence-corrected chi connectivity index (χ4v) is 5.66. The Morgan fingerprint density at radius 3 is 2.25 bits per heavy atom. The predicted molar refractivity (Wildman–Crippen MR) is 88.0 cm³/mol. The molecule has 2 aliphatic heterocycles. The highest BCUT2D eigenvalue weighted by Crippen LogP contribution is 2.40. The molecule has 0 amide bonds. The maximum atomic E-state index is 12.9. The van der Waals surface area contributed by atoms with Gasteiger partial charge in [0.05, 0.1) is 6.20 Å². The van der Waals surface area contributed by atoms with Crippen molar-refractivity contribution in [2.24, 2.45) is 0 Å². The number of nitrogens with zero attached hydrogens (tertiary/aromatic N) is 3. The average molecular weight is 345 g/mol. The molecule has 0 radical (unpaired) electrons. The Bertz CT molecular complexity index is 784. The summed E-state index contributed by atoms with van der Waals surface area (Å²) in [6.07, 6.45) is 9.64.